The number of rotatable bonds is 9. The van der Waals surface area contributed by atoms with Crippen LogP contribution in [0.2, 0.25) is 5.02 Å². The third-order valence-electron chi connectivity index (χ3n) is 3.33. The first-order valence-electron chi connectivity index (χ1n) is 8.05. The number of benzene rings is 2. The minimum atomic E-state index is -0.387. The van der Waals surface area contributed by atoms with Gasteiger partial charge < -0.3 is 14.8 Å². The molecule has 0 saturated heterocycles. The van der Waals surface area contributed by atoms with E-state index in [1.165, 1.54) is 0 Å². The standard InChI is InChI=1S/C19H20ClNO4S/c1-24-16-5-2-4-15(12-16)21-18(22)13-25-19(23)6-3-11-26-17-9-7-14(20)8-10-17/h2,4-5,7-10,12H,3,6,11,13H2,1H3,(H,21,22). The molecule has 0 unspecified atom stereocenters. The van der Waals surface area contributed by atoms with Gasteiger partial charge in [0.05, 0.1) is 7.11 Å². The molecular weight excluding hydrogens is 374 g/mol. The Morgan fingerprint density at radius 3 is 2.65 bits per heavy atom. The highest BCUT2D eigenvalue weighted by atomic mass is 35.5. The Kier molecular flexibility index (Phi) is 8.31. The maximum absolute atomic E-state index is 11.8. The summed E-state index contributed by atoms with van der Waals surface area (Å²) < 4.78 is 10.1. The van der Waals surface area contributed by atoms with Gasteiger partial charge in [0, 0.05) is 28.1 Å². The van der Waals surface area contributed by atoms with E-state index in [0.29, 0.717) is 22.9 Å². The molecule has 2 aromatic rings. The fraction of sp³-hybridized carbons (Fsp3) is 0.263. The number of halogens is 1. The van der Waals surface area contributed by atoms with Crippen molar-refractivity contribution in [3.8, 4) is 5.75 Å². The van der Waals surface area contributed by atoms with Gasteiger partial charge in [0.25, 0.3) is 5.91 Å². The lowest BCUT2D eigenvalue weighted by Crippen LogP contribution is -2.20. The number of hydrogen-bond donors (Lipinski definition) is 1. The number of carbonyl (C=O) groups is 2. The van der Waals surface area contributed by atoms with Crippen LogP contribution in [-0.2, 0) is 14.3 Å². The van der Waals surface area contributed by atoms with Crippen LogP contribution in [0.15, 0.2) is 53.4 Å². The van der Waals surface area contributed by atoms with Gasteiger partial charge in [-0.1, -0.05) is 17.7 Å². The predicted molar refractivity (Wildman–Crippen MR) is 104 cm³/mol. The third kappa shape index (κ3) is 7.37. The summed E-state index contributed by atoms with van der Waals surface area (Å²) >= 11 is 7.47. The Morgan fingerprint density at radius 2 is 1.92 bits per heavy atom. The number of anilines is 1. The maximum Gasteiger partial charge on any atom is 0.306 e. The van der Waals surface area contributed by atoms with Crippen molar-refractivity contribution in [1.29, 1.82) is 0 Å². The van der Waals surface area contributed by atoms with E-state index in [2.05, 4.69) is 5.32 Å². The minimum absolute atomic E-state index is 0.271. The molecule has 0 radical (unpaired) electrons. The van der Waals surface area contributed by atoms with E-state index in [1.54, 1.807) is 43.1 Å². The molecule has 2 aromatic carbocycles. The zero-order valence-corrected chi connectivity index (χ0v) is 15.9. The molecule has 0 heterocycles. The molecule has 0 aromatic heterocycles. The summed E-state index contributed by atoms with van der Waals surface area (Å²) in [7, 11) is 1.55. The Morgan fingerprint density at radius 1 is 1.15 bits per heavy atom. The fourth-order valence-electron chi connectivity index (χ4n) is 2.05. The SMILES string of the molecule is COc1cccc(NC(=O)COC(=O)CCCSc2ccc(Cl)cc2)c1. The molecule has 5 nitrogen and oxygen atoms in total. The van der Waals surface area contributed by atoms with Gasteiger partial charge >= 0.3 is 5.97 Å². The molecule has 0 aliphatic rings. The number of ether oxygens (including phenoxy) is 2. The number of methoxy groups -OCH3 is 1. The number of amides is 1. The van der Waals surface area contributed by atoms with Crippen LogP contribution in [0.1, 0.15) is 12.8 Å². The smallest absolute Gasteiger partial charge is 0.306 e. The summed E-state index contributed by atoms with van der Waals surface area (Å²) in [5.74, 6) is 0.648. The van der Waals surface area contributed by atoms with E-state index in [4.69, 9.17) is 21.1 Å². The van der Waals surface area contributed by atoms with Crippen molar-refractivity contribution in [2.75, 3.05) is 24.8 Å². The Labute approximate surface area is 162 Å². The maximum atomic E-state index is 11.8. The normalized spacial score (nSPS) is 10.2. The first-order valence-corrected chi connectivity index (χ1v) is 9.41. The highest BCUT2D eigenvalue weighted by molar-refractivity contribution is 7.99. The summed E-state index contributed by atoms with van der Waals surface area (Å²) in [6.45, 7) is -0.305. The average molecular weight is 394 g/mol. The van der Waals surface area contributed by atoms with Crippen LogP contribution in [0, 0.1) is 0 Å². The van der Waals surface area contributed by atoms with Crippen LogP contribution in [0.5, 0.6) is 5.75 Å². The van der Waals surface area contributed by atoms with E-state index in [-0.39, 0.29) is 24.9 Å². The number of thioether (sulfide) groups is 1. The highest BCUT2D eigenvalue weighted by Crippen LogP contribution is 2.21. The second-order valence-electron chi connectivity index (χ2n) is 5.35. The molecular formula is C19H20ClNO4S. The predicted octanol–water partition coefficient (Wildman–Crippen LogP) is 4.40. The van der Waals surface area contributed by atoms with Gasteiger partial charge in [-0.05, 0) is 48.6 Å². The van der Waals surface area contributed by atoms with Crippen molar-refractivity contribution >= 4 is 40.9 Å². The zero-order valence-electron chi connectivity index (χ0n) is 14.4. The van der Waals surface area contributed by atoms with E-state index in [1.807, 2.05) is 24.3 Å². The van der Waals surface area contributed by atoms with Gasteiger partial charge in [-0.3, -0.25) is 9.59 Å². The van der Waals surface area contributed by atoms with Crippen molar-refractivity contribution in [3.63, 3.8) is 0 Å². The second kappa shape index (κ2) is 10.7. The van der Waals surface area contributed by atoms with Gasteiger partial charge in [-0.15, -0.1) is 11.8 Å². The number of hydrogen-bond acceptors (Lipinski definition) is 5. The first-order chi connectivity index (χ1) is 12.6. The van der Waals surface area contributed by atoms with Gasteiger partial charge in [0.15, 0.2) is 6.61 Å². The molecule has 2 rings (SSSR count). The lowest BCUT2D eigenvalue weighted by molar-refractivity contribution is -0.147. The van der Waals surface area contributed by atoms with E-state index in [0.717, 1.165) is 10.6 Å². The second-order valence-corrected chi connectivity index (χ2v) is 6.95. The molecule has 26 heavy (non-hydrogen) atoms. The fourth-order valence-corrected chi connectivity index (χ4v) is 3.03. The largest absolute Gasteiger partial charge is 0.497 e. The van der Waals surface area contributed by atoms with Crippen LogP contribution in [0.4, 0.5) is 5.69 Å². The summed E-state index contributed by atoms with van der Waals surface area (Å²) in [6, 6.07) is 14.5. The molecule has 1 N–H and O–H groups in total. The number of nitrogens with one attached hydrogen (secondary N) is 1. The van der Waals surface area contributed by atoms with Crippen LogP contribution in [0.3, 0.4) is 0 Å². The van der Waals surface area contributed by atoms with Crippen LogP contribution >= 0.6 is 23.4 Å². The van der Waals surface area contributed by atoms with Crippen molar-refractivity contribution in [1.82, 2.24) is 0 Å². The summed E-state index contributed by atoms with van der Waals surface area (Å²) in [5.41, 5.74) is 0.588. The van der Waals surface area contributed by atoms with E-state index < -0.39 is 0 Å². The summed E-state index contributed by atoms with van der Waals surface area (Å²) in [5, 5.41) is 3.35. The van der Waals surface area contributed by atoms with Crippen LogP contribution < -0.4 is 10.1 Å². The van der Waals surface area contributed by atoms with Crippen molar-refractivity contribution in [2.45, 2.75) is 17.7 Å². The number of esters is 1. The molecule has 7 heteroatoms. The van der Waals surface area contributed by atoms with Crippen molar-refractivity contribution < 1.29 is 19.1 Å². The molecule has 0 atom stereocenters. The lowest BCUT2D eigenvalue weighted by atomic mass is 10.3. The molecule has 0 fully saturated rings. The Bertz CT molecular complexity index is 737. The van der Waals surface area contributed by atoms with Gasteiger partial charge in [0.1, 0.15) is 5.75 Å². The third-order valence-corrected chi connectivity index (χ3v) is 4.68. The minimum Gasteiger partial charge on any atom is -0.497 e. The molecule has 0 bridgehead atoms. The van der Waals surface area contributed by atoms with Gasteiger partial charge in [0.2, 0.25) is 0 Å². The number of carbonyl (C=O) groups excluding carboxylic acids is 2. The molecule has 1 amide bonds. The first kappa shape index (κ1) is 20.1. The van der Waals surface area contributed by atoms with Crippen molar-refractivity contribution in [2.24, 2.45) is 0 Å². The van der Waals surface area contributed by atoms with Crippen LogP contribution in [-0.4, -0.2) is 31.3 Å². The lowest BCUT2D eigenvalue weighted by Gasteiger charge is -2.08. The van der Waals surface area contributed by atoms with E-state index in [9.17, 15) is 9.59 Å². The molecule has 0 aliphatic carbocycles. The molecule has 0 aliphatic heterocycles. The zero-order chi connectivity index (χ0) is 18.8. The van der Waals surface area contributed by atoms with Gasteiger partial charge in [-0.25, -0.2) is 0 Å². The molecule has 0 spiro atoms. The summed E-state index contributed by atoms with van der Waals surface area (Å²) in [4.78, 5) is 24.6. The average Bonchev–Trinajstić information content (AvgIpc) is 2.65. The van der Waals surface area contributed by atoms with Gasteiger partial charge in [-0.2, -0.15) is 0 Å². The van der Waals surface area contributed by atoms with E-state index >= 15 is 0 Å². The highest BCUT2D eigenvalue weighted by Gasteiger charge is 2.08. The Hall–Kier alpha value is -2.18. The summed E-state index contributed by atoms with van der Waals surface area (Å²) in [6.07, 6.45) is 0.941. The van der Waals surface area contributed by atoms with Crippen molar-refractivity contribution in [3.05, 3.63) is 53.6 Å². The molecule has 138 valence electrons. The monoisotopic (exact) mass is 393 g/mol. The Balaban J connectivity index is 1.61. The quantitative estimate of drug-likeness (QED) is 0.388. The topological polar surface area (TPSA) is 64.6 Å². The van der Waals surface area contributed by atoms with Crippen LogP contribution in [0.25, 0.3) is 0 Å². The molecule has 0 saturated carbocycles.